The summed E-state index contributed by atoms with van der Waals surface area (Å²) in [6, 6.07) is 0. The lowest BCUT2D eigenvalue weighted by molar-refractivity contribution is -0.124. The van der Waals surface area contributed by atoms with Crippen molar-refractivity contribution >= 4 is 15.7 Å². The van der Waals surface area contributed by atoms with E-state index in [1.54, 1.807) is 7.11 Å². The van der Waals surface area contributed by atoms with Crippen LogP contribution in [0.3, 0.4) is 0 Å². The number of hydrogen-bond acceptors (Lipinski definition) is 4. The molecule has 5 nitrogen and oxygen atoms in total. The van der Waals surface area contributed by atoms with Crippen molar-refractivity contribution in [1.82, 2.24) is 5.32 Å². The maximum atomic E-state index is 11.5. The summed E-state index contributed by atoms with van der Waals surface area (Å²) in [5, 5.41) is 2.66. The topological polar surface area (TPSA) is 72.5 Å². The molecular formula is C9H17NO4S. The second-order valence-electron chi connectivity index (χ2n) is 3.74. The Morgan fingerprint density at radius 2 is 2.27 bits per heavy atom. The molecule has 0 aromatic rings. The summed E-state index contributed by atoms with van der Waals surface area (Å²) in [6.07, 6.45) is 1.25. The Bertz CT molecular complexity index is 312. The molecule has 0 saturated carbocycles. The zero-order valence-corrected chi connectivity index (χ0v) is 9.68. The minimum absolute atomic E-state index is 0.00812. The molecule has 15 heavy (non-hydrogen) atoms. The molecule has 0 spiro atoms. The van der Waals surface area contributed by atoms with Gasteiger partial charge in [0.25, 0.3) is 0 Å². The molecule has 88 valence electrons. The van der Waals surface area contributed by atoms with Gasteiger partial charge < -0.3 is 10.1 Å². The molecule has 1 amide bonds. The van der Waals surface area contributed by atoms with Crippen molar-refractivity contribution in [3.63, 3.8) is 0 Å². The van der Waals surface area contributed by atoms with Crippen LogP contribution in [0.1, 0.15) is 12.8 Å². The number of rotatable bonds is 4. The van der Waals surface area contributed by atoms with E-state index >= 15 is 0 Å². The molecule has 0 aromatic carbocycles. The highest BCUT2D eigenvalue weighted by molar-refractivity contribution is 7.91. The van der Waals surface area contributed by atoms with E-state index in [1.807, 2.05) is 0 Å². The summed E-state index contributed by atoms with van der Waals surface area (Å²) < 4.78 is 27.4. The maximum absolute atomic E-state index is 11.5. The molecule has 1 aliphatic rings. The van der Waals surface area contributed by atoms with Gasteiger partial charge >= 0.3 is 0 Å². The zero-order chi connectivity index (χ0) is 11.3. The first-order valence-corrected chi connectivity index (χ1v) is 6.84. The Morgan fingerprint density at radius 1 is 1.53 bits per heavy atom. The SMILES string of the molecule is COCCNC(=O)C1CCCS(=O)(=O)C1. The highest BCUT2D eigenvalue weighted by Crippen LogP contribution is 2.18. The number of carbonyl (C=O) groups is 1. The van der Waals surface area contributed by atoms with Crippen LogP contribution in [-0.4, -0.2) is 46.1 Å². The van der Waals surface area contributed by atoms with Gasteiger partial charge in [0.1, 0.15) is 0 Å². The molecule has 0 radical (unpaired) electrons. The van der Waals surface area contributed by atoms with E-state index in [9.17, 15) is 13.2 Å². The Balaban J connectivity index is 2.39. The Labute approximate surface area is 90.1 Å². The number of amides is 1. The van der Waals surface area contributed by atoms with E-state index in [4.69, 9.17) is 4.74 Å². The van der Waals surface area contributed by atoms with Gasteiger partial charge in [0.05, 0.1) is 24.0 Å². The van der Waals surface area contributed by atoms with Crippen LogP contribution in [-0.2, 0) is 19.4 Å². The molecule has 1 fully saturated rings. The first-order valence-electron chi connectivity index (χ1n) is 5.02. The zero-order valence-electron chi connectivity index (χ0n) is 8.86. The van der Waals surface area contributed by atoms with Crippen LogP contribution in [0.15, 0.2) is 0 Å². The number of carbonyl (C=O) groups excluding carboxylic acids is 1. The minimum atomic E-state index is -3.00. The number of ether oxygens (including phenoxy) is 1. The highest BCUT2D eigenvalue weighted by atomic mass is 32.2. The van der Waals surface area contributed by atoms with E-state index in [-0.39, 0.29) is 23.3 Å². The van der Waals surface area contributed by atoms with E-state index in [0.29, 0.717) is 26.0 Å². The van der Waals surface area contributed by atoms with Gasteiger partial charge in [-0.2, -0.15) is 0 Å². The summed E-state index contributed by atoms with van der Waals surface area (Å²) in [4.78, 5) is 11.5. The van der Waals surface area contributed by atoms with Crippen LogP contribution in [0.5, 0.6) is 0 Å². The van der Waals surface area contributed by atoms with Crippen LogP contribution in [0.4, 0.5) is 0 Å². The first-order chi connectivity index (χ1) is 7.05. The molecule has 1 unspecified atom stereocenters. The second kappa shape index (κ2) is 5.46. The second-order valence-corrected chi connectivity index (χ2v) is 5.97. The lowest BCUT2D eigenvalue weighted by Gasteiger charge is -2.20. The van der Waals surface area contributed by atoms with E-state index in [2.05, 4.69) is 5.32 Å². The van der Waals surface area contributed by atoms with Crippen molar-refractivity contribution in [1.29, 1.82) is 0 Å². The molecule has 1 rings (SSSR count). The van der Waals surface area contributed by atoms with Crippen molar-refractivity contribution < 1.29 is 17.9 Å². The van der Waals surface area contributed by atoms with Gasteiger partial charge in [-0.15, -0.1) is 0 Å². The Morgan fingerprint density at radius 3 is 2.87 bits per heavy atom. The van der Waals surface area contributed by atoms with E-state index < -0.39 is 9.84 Å². The van der Waals surface area contributed by atoms with E-state index in [0.717, 1.165) is 0 Å². The van der Waals surface area contributed by atoms with Gasteiger partial charge in [0, 0.05) is 13.7 Å². The van der Waals surface area contributed by atoms with Crippen molar-refractivity contribution in [3.8, 4) is 0 Å². The third-order valence-electron chi connectivity index (χ3n) is 2.44. The average Bonchev–Trinajstić information content (AvgIpc) is 2.16. The smallest absolute Gasteiger partial charge is 0.224 e. The molecule has 1 saturated heterocycles. The largest absolute Gasteiger partial charge is 0.383 e. The Kier molecular flexibility index (Phi) is 4.53. The third kappa shape index (κ3) is 4.17. The quantitative estimate of drug-likeness (QED) is 0.671. The summed E-state index contributed by atoms with van der Waals surface area (Å²) in [7, 11) is -1.45. The molecule has 1 heterocycles. The summed E-state index contributed by atoms with van der Waals surface area (Å²) in [5.74, 6) is -0.336. The average molecular weight is 235 g/mol. The van der Waals surface area contributed by atoms with Gasteiger partial charge in [-0.1, -0.05) is 0 Å². The molecule has 6 heteroatoms. The van der Waals surface area contributed by atoms with E-state index in [1.165, 1.54) is 0 Å². The fourth-order valence-electron chi connectivity index (χ4n) is 1.65. The van der Waals surface area contributed by atoms with Crippen LogP contribution in [0.25, 0.3) is 0 Å². The molecule has 1 N–H and O–H groups in total. The van der Waals surface area contributed by atoms with Crippen molar-refractivity contribution in [2.45, 2.75) is 12.8 Å². The minimum Gasteiger partial charge on any atom is -0.383 e. The van der Waals surface area contributed by atoms with Gasteiger partial charge in [0.15, 0.2) is 9.84 Å². The monoisotopic (exact) mass is 235 g/mol. The summed E-state index contributed by atoms with van der Waals surface area (Å²) >= 11 is 0. The Hall–Kier alpha value is -0.620. The third-order valence-corrected chi connectivity index (χ3v) is 4.26. The number of nitrogens with one attached hydrogen (secondary N) is 1. The van der Waals surface area contributed by atoms with Gasteiger partial charge in [-0.25, -0.2) is 8.42 Å². The van der Waals surface area contributed by atoms with Crippen molar-refractivity contribution in [3.05, 3.63) is 0 Å². The molecular weight excluding hydrogens is 218 g/mol. The number of methoxy groups -OCH3 is 1. The molecule has 0 aliphatic carbocycles. The summed E-state index contributed by atoms with van der Waals surface area (Å²) in [5.41, 5.74) is 0. The maximum Gasteiger partial charge on any atom is 0.224 e. The van der Waals surface area contributed by atoms with Crippen LogP contribution >= 0.6 is 0 Å². The fraction of sp³-hybridized carbons (Fsp3) is 0.889. The molecule has 1 aliphatic heterocycles. The summed E-state index contributed by atoms with van der Waals surface area (Å²) in [6.45, 7) is 0.886. The van der Waals surface area contributed by atoms with Crippen LogP contribution < -0.4 is 5.32 Å². The van der Waals surface area contributed by atoms with Crippen LogP contribution in [0.2, 0.25) is 0 Å². The molecule has 1 atom stereocenters. The predicted octanol–water partition coefficient (Wildman–Crippen LogP) is -0.426. The normalized spacial score (nSPS) is 24.7. The highest BCUT2D eigenvalue weighted by Gasteiger charge is 2.29. The van der Waals surface area contributed by atoms with Gasteiger partial charge in [0.2, 0.25) is 5.91 Å². The molecule has 0 aromatic heterocycles. The van der Waals surface area contributed by atoms with Gasteiger partial charge in [-0.05, 0) is 12.8 Å². The van der Waals surface area contributed by atoms with Crippen molar-refractivity contribution in [2.24, 2.45) is 5.92 Å². The lowest BCUT2D eigenvalue weighted by atomic mass is 10.1. The lowest BCUT2D eigenvalue weighted by Crippen LogP contribution is -2.39. The van der Waals surface area contributed by atoms with Crippen LogP contribution in [0, 0.1) is 5.92 Å². The standard InChI is InChI=1S/C9H17NO4S/c1-14-5-4-10-9(11)8-3-2-6-15(12,13)7-8/h8H,2-7H2,1H3,(H,10,11). The predicted molar refractivity (Wildman–Crippen MR) is 56.3 cm³/mol. The van der Waals surface area contributed by atoms with Crippen molar-refractivity contribution in [2.75, 3.05) is 31.8 Å². The fourth-order valence-corrected chi connectivity index (χ4v) is 3.35. The first kappa shape index (κ1) is 12.4. The number of hydrogen-bond donors (Lipinski definition) is 1. The molecule has 0 bridgehead atoms. The number of sulfone groups is 1. The van der Waals surface area contributed by atoms with Gasteiger partial charge in [-0.3, -0.25) is 4.79 Å².